The summed E-state index contributed by atoms with van der Waals surface area (Å²) >= 11 is 1.53. The molecule has 5 nitrogen and oxygen atoms in total. The first-order chi connectivity index (χ1) is 8.20. The lowest BCUT2D eigenvalue weighted by Gasteiger charge is -2.06. The highest BCUT2D eigenvalue weighted by molar-refractivity contribution is 7.84. The molecule has 0 aliphatic heterocycles. The van der Waals surface area contributed by atoms with Crippen molar-refractivity contribution in [2.45, 2.75) is 6.92 Å². The minimum atomic E-state index is -0.765. The predicted molar refractivity (Wildman–Crippen MR) is 73.9 cm³/mol. The van der Waals surface area contributed by atoms with Gasteiger partial charge in [0.05, 0.1) is 5.39 Å². The number of nitrogen functional groups attached to an aromatic ring is 1. The molecule has 0 aliphatic carbocycles. The maximum absolute atomic E-state index is 11.3. The molecule has 3 N–H and O–H groups in total. The Morgan fingerprint density at radius 3 is 3.12 bits per heavy atom. The van der Waals surface area contributed by atoms with Crippen LogP contribution in [-0.2, 0) is 10.8 Å². The van der Waals surface area contributed by atoms with Crippen molar-refractivity contribution in [1.29, 1.82) is 0 Å². The standard InChI is InChI=1S/C10H14N4OS2/c1-2-17(15)6-4-12-8-7-3-5-16-9(7)14-10(11)13-8/h3,5H,2,4,6H2,1H3,(H3,11,12,13,14). The summed E-state index contributed by atoms with van der Waals surface area (Å²) in [4.78, 5) is 9.17. The van der Waals surface area contributed by atoms with Gasteiger partial charge in [-0.2, -0.15) is 4.98 Å². The average Bonchev–Trinajstić information content (AvgIpc) is 2.76. The van der Waals surface area contributed by atoms with Gasteiger partial charge in [0, 0.05) is 28.9 Å². The van der Waals surface area contributed by atoms with E-state index < -0.39 is 10.8 Å². The molecule has 2 aromatic rings. The summed E-state index contributed by atoms with van der Waals surface area (Å²) in [5.74, 6) is 2.29. The minimum Gasteiger partial charge on any atom is -0.368 e. The summed E-state index contributed by atoms with van der Waals surface area (Å²) in [7, 11) is -0.765. The van der Waals surface area contributed by atoms with Gasteiger partial charge in [-0.3, -0.25) is 4.21 Å². The monoisotopic (exact) mass is 270 g/mol. The number of nitrogens with two attached hydrogens (primary N) is 1. The first-order valence-electron chi connectivity index (χ1n) is 5.30. The largest absolute Gasteiger partial charge is 0.368 e. The summed E-state index contributed by atoms with van der Waals surface area (Å²) in [6.45, 7) is 2.54. The van der Waals surface area contributed by atoms with Gasteiger partial charge in [0.25, 0.3) is 0 Å². The van der Waals surface area contributed by atoms with Gasteiger partial charge in [-0.25, -0.2) is 4.98 Å². The number of nitrogens with one attached hydrogen (secondary N) is 1. The van der Waals surface area contributed by atoms with Gasteiger partial charge in [0.1, 0.15) is 10.6 Å². The third kappa shape index (κ3) is 2.92. The van der Waals surface area contributed by atoms with Crippen molar-refractivity contribution in [3.63, 3.8) is 0 Å². The number of nitrogens with zero attached hydrogens (tertiary/aromatic N) is 2. The molecule has 2 aromatic heterocycles. The Bertz CT molecular complexity index is 540. The van der Waals surface area contributed by atoms with Crippen molar-refractivity contribution in [3.8, 4) is 0 Å². The van der Waals surface area contributed by atoms with Crippen LogP contribution in [0.1, 0.15) is 6.92 Å². The fourth-order valence-electron chi connectivity index (χ4n) is 1.43. The van der Waals surface area contributed by atoms with Crippen LogP contribution in [0.25, 0.3) is 10.2 Å². The van der Waals surface area contributed by atoms with Gasteiger partial charge in [-0.15, -0.1) is 11.3 Å². The molecule has 0 aromatic carbocycles. The number of rotatable bonds is 5. The Kier molecular flexibility index (Phi) is 3.90. The quantitative estimate of drug-likeness (QED) is 0.859. The third-order valence-electron chi connectivity index (χ3n) is 2.29. The lowest BCUT2D eigenvalue weighted by atomic mass is 10.4. The van der Waals surface area contributed by atoms with Gasteiger partial charge in [-0.05, 0) is 11.4 Å². The maximum atomic E-state index is 11.3. The van der Waals surface area contributed by atoms with Crippen LogP contribution in [0, 0.1) is 0 Å². The Morgan fingerprint density at radius 2 is 2.35 bits per heavy atom. The molecule has 0 saturated heterocycles. The smallest absolute Gasteiger partial charge is 0.223 e. The van der Waals surface area contributed by atoms with E-state index in [9.17, 15) is 4.21 Å². The molecule has 2 rings (SSSR count). The second kappa shape index (κ2) is 5.42. The Balaban J connectivity index is 2.12. The van der Waals surface area contributed by atoms with Gasteiger partial charge in [-0.1, -0.05) is 6.92 Å². The molecule has 0 bridgehead atoms. The van der Waals surface area contributed by atoms with Crippen molar-refractivity contribution in [3.05, 3.63) is 11.4 Å². The zero-order valence-electron chi connectivity index (χ0n) is 9.47. The number of fused-ring (bicyclic) bond motifs is 1. The van der Waals surface area contributed by atoms with Crippen molar-refractivity contribution >= 4 is 44.1 Å². The minimum absolute atomic E-state index is 0.263. The van der Waals surface area contributed by atoms with Gasteiger partial charge < -0.3 is 11.1 Å². The Morgan fingerprint density at radius 1 is 1.53 bits per heavy atom. The first-order valence-corrected chi connectivity index (χ1v) is 7.67. The van der Waals surface area contributed by atoms with Crippen LogP contribution < -0.4 is 11.1 Å². The summed E-state index contributed by atoms with van der Waals surface area (Å²) < 4.78 is 11.3. The molecule has 1 atom stereocenters. The van der Waals surface area contributed by atoms with E-state index >= 15 is 0 Å². The SMILES string of the molecule is CCS(=O)CCNc1nc(N)nc2sccc12. The molecule has 17 heavy (non-hydrogen) atoms. The van der Waals surface area contributed by atoms with Crippen LogP contribution in [0.4, 0.5) is 11.8 Å². The molecule has 0 spiro atoms. The number of aromatic nitrogens is 2. The molecule has 92 valence electrons. The van der Waals surface area contributed by atoms with Crippen molar-refractivity contribution < 1.29 is 4.21 Å². The zero-order valence-corrected chi connectivity index (χ0v) is 11.1. The highest BCUT2D eigenvalue weighted by Gasteiger charge is 2.07. The van der Waals surface area contributed by atoms with Crippen LogP contribution >= 0.6 is 11.3 Å². The molecule has 7 heteroatoms. The van der Waals surface area contributed by atoms with E-state index in [1.807, 2.05) is 18.4 Å². The van der Waals surface area contributed by atoms with Crippen LogP contribution in [0.3, 0.4) is 0 Å². The van der Waals surface area contributed by atoms with Crippen LogP contribution in [0.5, 0.6) is 0 Å². The number of hydrogen-bond donors (Lipinski definition) is 2. The molecule has 0 radical (unpaired) electrons. The molecule has 0 amide bonds. The van der Waals surface area contributed by atoms with Crippen molar-refractivity contribution in [1.82, 2.24) is 9.97 Å². The molecule has 2 heterocycles. The summed E-state index contributed by atoms with van der Waals surface area (Å²) in [6.07, 6.45) is 0. The normalized spacial score (nSPS) is 12.8. The number of thiophene rings is 1. The van der Waals surface area contributed by atoms with Crippen molar-refractivity contribution in [2.24, 2.45) is 0 Å². The fraction of sp³-hybridized carbons (Fsp3) is 0.400. The summed E-state index contributed by atoms with van der Waals surface area (Å²) in [6, 6.07) is 1.96. The molecule has 1 unspecified atom stereocenters. The third-order valence-corrected chi connectivity index (χ3v) is 4.40. The van der Waals surface area contributed by atoms with Gasteiger partial charge >= 0.3 is 0 Å². The fourth-order valence-corrected chi connectivity index (χ4v) is 2.82. The van der Waals surface area contributed by atoms with Crippen LogP contribution in [-0.4, -0.2) is 32.2 Å². The van der Waals surface area contributed by atoms with Gasteiger partial charge in [0.2, 0.25) is 5.95 Å². The second-order valence-electron chi connectivity index (χ2n) is 3.43. The summed E-state index contributed by atoms with van der Waals surface area (Å²) in [5, 5.41) is 6.08. The summed E-state index contributed by atoms with van der Waals surface area (Å²) in [5.41, 5.74) is 5.63. The number of anilines is 2. The van der Waals surface area contributed by atoms with Gasteiger partial charge in [0.15, 0.2) is 0 Å². The molecular weight excluding hydrogens is 256 g/mol. The van der Waals surface area contributed by atoms with E-state index in [1.54, 1.807) is 0 Å². The Hall–Kier alpha value is -1.21. The molecule has 0 aliphatic rings. The molecule has 0 fully saturated rings. The topological polar surface area (TPSA) is 80.9 Å². The number of hydrogen-bond acceptors (Lipinski definition) is 6. The van der Waals surface area contributed by atoms with E-state index in [4.69, 9.17) is 5.73 Å². The Labute approximate surface area is 106 Å². The van der Waals surface area contributed by atoms with E-state index in [0.717, 1.165) is 16.0 Å². The highest BCUT2D eigenvalue weighted by atomic mass is 32.2. The molecule has 0 saturated carbocycles. The maximum Gasteiger partial charge on any atom is 0.223 e. The van der Waals surface area contributed by atoms with E-state index in [0.29, 0.717) is 18.1 Å². The second-order valence-corrected chi connectivity index (χ2v) is 6.19. The zero-order chi connectivity index (χ0) is 12.3. The average molecular weight is 270 g/mol. The lowest BCUT2D eigenvalue weighted by molar-refractivity contribution is 0.684. The first kappa shape index (κ1) is 12.3. The molecular formula is C10H14N4OS2. The van der Waals surface area contributed by atoms with Crippen molar-refractivity contribution in [2.75, 3.05) is 29.1 Å². The lowest BCUT2D eigenvalue weighted by Crippen LogP contribution is -2.13. The highest BCUT2D eigenvalue weighted by Crippen LogP contribution is 2.25. The predicted octanol–water partition coefficient (Wildman–Crippen LogP) is 1.45. The van der Waals surface area contributed by atoms with E-state index in [1.165, 1.54) is 11.3 Å². The van der Waals surface area contributed by atoms with Crippen LogP contribution in [0.2, 0.25) is 0 Å². The van der Waals surface area contributed by atoms with E-state index in [2.05, 4.69) is 15.3 Å². The van der Waals surface area contributed by atoms with Crippen LogP contribution in [0.15, 0.2) is 11.4 Å². The van der Waals surface area contributed by atoms with E-state index in [-0.39, 0.29) is 5.95 Å².